The molecule has 1 aromatic heterocycles. The number of anilines is 2. The zero-order valence-corrected chi connectivity index (χ0v) is 12.2. The van der Waals surface area contributed by atoms with Crippen LogP contribution in [0.4, 0.5) is 11.5 Å². The molecule has 0 aliphatic rings. The van der Waals surface area contributed by atoms with Crippen LogP contribution in [-0.2, 0) is 13.6 Å². The highest BCUT2D eigenvalue weighted by molar-refractivity contribution is 6.30. The van der Waals surface area contributed by atoms with Gasteiger partial charge < -0.3 is 11.1 Å². The van der Waals surface area contributed by atoms with Crippen molar-refractivity contribution in [2.24, 2.45) is 7.05 Å². The molecule has 3 N–H and O–H groups in total. The van der Waals surface area contributed by atoms with Crippen LogP contribution in [0.15, 0.2) is 24.3 Å². The van der Waals surface area contributed by atoms with Gasteiger partial charge in [0.1, 0.15) is 5.82 Å². The second-order valence-electron chi connectivity index (χ2n) is 4.91. The quantitative estimate of drug-likeness (QED) is 0.901. The first-order valence-electron chi connectivity index (χ1n) is 6.29. The van der Waals surface area contributed by atoms with Crippen LogP contribution in [0.2, 0.25) is 5.02 Å². The lowest BCUT2D eigenvalue weighted by atomic mass is 10.1. The molecule has 0 aliphatic carbocycles. The van der Waals surface area contributed by atoms with Crippen molar-refractivity contribution < 1.29 is 0 Å². The van der Waals surface area contributed by atoms with Crippen LogP contribution in [0.5, 0.6) is 0 Å². The number of nitrogens with zero attached hydrogens (tertiary/aromatic N) is 2. The van der Waals surface area contributed by atoms with Gasteiger partial charge in [0, 0.05) is 18.6 Å². The Bertz CT molecular complexity index is 575. The van der Waals surface area contributed by atoms with Crippen molar-refractivity contribution in [2.45, 2.75) is 26.3 Å². The fourth-order valence-corrected chi connectivity index (χ4v) is 2.24. The Morgan fingerprint density at radius 2 is 2.16 bits per heavy atom. The molecule has 1 heterocycles. The van der Waals surface area contributed by atoms with Crippen LogP contribution in [0.3, 0.4) is 0 Å². The van der Waals surface area contributed by atoms with Crippen LogP contribution in [-0.4, -0.2) is 9.78 Å². The first-order chi connectivity index (χ1) is 8.99. The molecule has 0 spiro atoms. The summed E-state index contributed by atoms with van der Waals surface area (Å²) < 4.78 is 1.79. The third-order valence-electron chi connectivity index (χ3n) is 3.01. The molecular weight excluding hydrogens is 260 g/mol. The average molecular weight is 279 g/mol. The molecule has 2 rings (SSSR count). The van der Waals surface area contributed by atoms with Crippen molar-refractivity contribution in [1.29, 1.82) is 0 Å². The summed E-state index contributed by atoms with van der Waals surface area (Å²) in [5.74, 6) is 1.16. The Labute approximate surface area is 118 Å². The molecule has 19 heavy (non-hydrogen) atoms. The topological polar surface area (TPSA) is 55.9 Å². The number of nitrogens with one attached hydrogen (secondary N) is 1. The number of aryl methyl sites for hydroxylation is 1. The summed E-state index contributed by atoms with van der Waals surface area (Å²) in [5, 5.41) is 8.50. The van der Waals surface area contributed by atoms with Crippen molar-refractivity contribution in [3.8, 4) is 0 Å². The van der Waals surface area contributed by atoms with E-state index in [0.717, 1.165) is 27.8 Å². The molecular formula is C14H19ClN4. The molecule has 0 saturated carbocycles. The first kappa shape index (κ1) is 13.7. The molecule has 0 radical (unpaired) electrons. The van der Waals surface area contributed by atoms with Crippen LogP contribution in [0.1, 0.15) is 31.0 Å². The Kier molecular flexibility index (Phi) is 4.00. The number of nitrogen functional groups attached to an aromatic ring is 1. The van der Waals surface area contributed by atoms with Crippen LogP contribution >= 0.6 is 11.6 Å². The third-order valence-corrected chi connectivity index (χ3v) is 3.24. The zero-order valence-electron chi connectivity index (χ0n) is 11.4. The average Bonchev–Trinajstić information content (AvgIpc) is 2.63. The van der Waals surface area contributed by atoms with Gasteiger partial charge in [-0.1, -0.05) is 37.6 Å². The van der Waals surface area contributed by atoms with Crippen molar-refractivity contribution in [3.05, 3.63) is 40.5 Å². The van der Waals surface area contributed by atoms with Gasteiger partial charge in [-0.05, 0) is 23.6 Å². The molecule has 0 amide bonds. The maximum absolute atomic E-state index is 6.13. The van der Waals surface area contributed by atoms with Gasteiger partial charge in [-0.15, -0.1) is 0 Å². The maximum atomic E-state index is 6.13. The maximum Gasteiger partial charge on any atom is 0.148 e. The van der Waals surface area contributed by atoms with Gasteiger partial charge in [0.05, 0.1) is 11.4 Å². The summed E-state index contributed by atoms with van der Waals surface area (Å²) in [6, 6.07) is 7.76. The fraction of sp³-hybridized carbons (Fsp3) is 0.357. The van der Waals surface area contributed by atoms with Gasteiger partial charge in [0.25, 0.3) is 0 Å². The number of halogens is 1. The number of hydrogen-bond acceptors (Lipinski definition) is 3. The Balaban J connectivity index is 2.16. The highest BCUT2D eigenvalue weighted by Crippen LogP contribution is 2.28. The van der Waals surface area contributed by atoms with E-state index in [4.69, 9.17) is 17.3 Å². The second kappa shape index (κ2) is 5.53. The summed E-state index contributed by atoms with van der Waals surface area (Å²) in [6.07, 6.45) is 0. The van der Waals surface area contributed by atoms with Crippen LogP contribution in [0, 0.1) is 0 Å². The number of nitrogens with two attached hydrogens (primary N) is 1. The van der Waals surface area contributed by atoms with E-state index in [1.165, 1.54) is 0 Å². The summed E-state index contributed by atoms with van der Waals surface area (Å²) in [6.45, 7) is 4.83. The highest BCUT2D eigenvalue weighted by atomic mass is 35.5. The van der Waals surface area contributed by atoms with E-state index in [0.29, 0.717) is 12.5 Å². The van der Waals surface area contributed by atoms with E-state index >= 15 is 0 Å². The summed E-state index contributed by atoms with van der Waals surface area (Å²) >= 11 is 5.96. The fourth-order valence-electron chi connectivity index (χ4n) is 2.03. The predicted molar refractivity (Wildman–Crippen MR) is 80.5 cm³/mol. The summed E-state index contributed by atoms with van der Waals surface area (Å²) in [7, 11) is 1.89. The number of hydrogen-bond donors (Lipinski definition) is 2. The molecule has 0 aliphatic heterocycles. The minimum absolute atomic E-state index is 0.313. The van der Waals surface area contributed by atoms with Gasteiger partial charge in [0.15, 0.2) is 0 Å². The van der Waals surface area contributed by atoms with E-state index in [2.05, 4.69) is 24.3 Å². The monoisotopic (exact) mass is 278 g/mol. The number of benzene rings is 1. The second-order valence-corrected chi connectivity index (χ2v) is 5.35. The smallest absolute Gasteiger partial charge is 0.148 e. The van der Waals surface area contributed by atoms with Crippen molar-refractivity contribution >= 4 is 23.1 Å². The highest BCUT2D eigenvalue weighted by Gasteiger charge is 2.15. The van der Waals surface area contributed by atoms with Gasteiger partial charge in [-0.25, -0.2) is 0 Å². The molecule has 2 aromatic rings. The Morgan fingerprint density at radius 3 is 2.74 bits per heavy atom. The number of rotatable bonds is 4. The predicted octanol–water partition coefficient (Wildman–Crippen LogP) is 3.39. The van der Waals surface area contributed by atoms with Gasteiger partial charge in [0.2, 0.25) is 0 Å². The summed E-state index contributed by atoms with van der Waals surface area (Å²) in [4.78, 5) is 0. The largest absolute Gasteiger partial charge is 0.394 e. The van der Waals surface area contributed by atoms with E-state index in [1.807, 2.05) is 31.3 Å². The van der Waals surface area contributed by atoms with Gasteiger partial charge in [-0.3, -0.25) is 4.68 Å². The van der Waals surface area contributed by atoms with Crippen molar-refractivity contribution in [3.63, 3.8) is 0 Å². The lowest BCUT2D eigenvalue weighted by molar-refractivity contribution is 0.715. The van der Waals surface area contributed by atoms with Crippen LogP contribution in [0.25, 0.3) is 0 Å². The Morgan fingerprint density at radius 1 is 1.42 bits per heavy atom. The third kappa shape index (κ3) is 3.01. The molecule has 0 unspecified atom stereocenters. The number of aromatic nitrogens is 2. The molecule has 0 atom stereocenters. The summed E-state index contributed by atoms with van der Waals surface area (Å²) in [5.41, 5.74) is 8.89. The van der Waals surface area contributed by atoms with Gasteiger partial charge in [-0.2, -0.15) is 5.10 Å². The van der Waals surface area contributed by atoms with E-state index in [1.54, 1.807) is 4.68 Å². The van der Waals surface area contributed by atoms with Crippen molar-refractivity contribution in [1.82, 2.24) is 9.78 Å². The lowest BCUT2D eigenvalue weighted by Crippen LogP contribution is -2.06. The van der Waals surface area contributed by atoms with E-state index in [9.17, 15) is 0 Å². The normalized spacial score (nSPS) is 11.0. The SMILES string of the molecule is CC(C)c1nn(C)c(NCc2cccc(Cl)c2)c1N. The minimum atomic E-state index is 0.313. The molecule has 5 heteroatoms. The molecule has 102 valence electrons. The minimum Gasteiger partial charge on any atom is -0.394 e. The first-order valence-corrected chi connectivity index (χ1v) is 6.67. The standard InChI is InChI=1S/C14H19ClN4/c1-9(2)13-12(16)14(19(3)18-13)17-8-10-5-4-6-11(15)7-10/h4-7,9,17H,8,16H2,1-3H3. The van der Waals surface area contributed by atoms with Crippen LogP contribution < -0.4 is 11.1 Å². The Hall–Kier alpha value is -1.68. The molecule has 0 saturated heterocycles. The van der Waals surface area contributed by atoms with Crippen molar-refractivity contribution in [2.75, 3.05) is 11.1 Å². The lowest BCUT2D eigenvalue weighted by Gasteiger charge is -2.08. The van der Waals surface area contributed by atoms with E-state index in [-0.39, 0.29) is 0 Å². The zero-order chi connectivity index (χ0) is 14.0. The molecule has 0 fully saturated rings. The molecule has 0 bridgehead atoms. The van der Waals surface area contributed by atoms with E-state index < -0.39 is 0 Å². The van der Waals surface area contributed by atoms with Gasteiger partial charge >= 0.3 is 0 Å². The molecule has 1 aromatic carbocycles. The molecule has 4 nitrogen and oxygen atoms in total.